The number of nitrogens with zero attached hydrogens (tertiary/aromatic N) is 3. The molecule has 3 rings (SSSR count). The minimum Gasteiger partial charge on any atom is -0.493 e. The monoisotopic (exact) mass is 487 g/mol. The largest absolute Gasteiger partial charge is 0.493 e. The molecule has 0 bridgehead atoms. The van der Waals surface area contributed by atoms with E-state index in [0.717, 1.165) is 10.9 Å². The van der Waals surface area contributed by atoms with Crippen molar-refractivity contribution in [1.82, 2.24) is 9.66 Å². The molecule has 0 amide bonds. The Morgan fingerprint density at radius 3 is 2.42 bits per heavy atom. The third-order valence-electron chi connectivity index (χ3n) is 4.89. The van der Waals surface area contributed by atoms with Crippen molar-refractivity contribution in [3.05, 3.63) is 56.5 Å². The Morgan fingerprint density at radius 1 is 1.16 bits per heavy atom. The molecule has 1 aromatic heterocycles. The summed E-state index contributed by atoms with van der Waals surface area (Å²) in [6, 6.07) is 9.03. The third kappa shape index (κ3) is 4.90. The lowest BCUT2D eigenvalue weighted by Gasteiger charge is -2.18. The summed E-state index contributed by atoms with van der Waals surface area (Å²) in [5.74, 6) is 2.18. The molecule has 0 fully saturated rings. The van der Waals surface area contributed by atoms with Crippen LogP contribution >= 0.6 is 15.9 Å². The van der Waals surface area contributed by atoms with Gasteiger partial charge in [-0.1, -0.05) is 29.8 Å². The number of aryl methyl sites for hydroxylation is 1. The van der Waals surface area contributed by atoms with Crippen molar-refractivity contribution < 1.29 is 14.2 Å². The number of aromatic nitrogens is 2. The first kappa shape index (κ1) is 22.8. The zero-order valence-corrected chi connectivity index (χ0v) is 19.9. The summed E-state index contributed by atoms with van der Waals surface area (Å²) in [6.45, 7) is 5.97. The van der Waals surface area contributed by atoms with Gasteiger partial charge in [0.25, 0.3) is 5.56 Å². The molecule has 31 heavy (non-hydrogen) atoms. The zero-order chi connectivity index (χ0) is 22.5. The maximum Gasteiger partial charge on any atom is 0.282 e. The molecule has 2 aromatic carbocycles. The van der Waals surface area contributed by atoms with E-state index in [9.17, 15) is 4.79 Å². The number of hydrogen-bond acceptors (Lipinski definition) is 6. The summed E-state index contributed by atoms with van der Waals surface area (Å²) in [4.78, 5) is 17.6. The lowest BCUT2D eigenvalue weighted by atomic mass is 10.2. The fourth-order valence-electron chi connectivity index (χ4n) is 3.04. The molecule has 164 valence electrons. The van der Waals surface area contributed by atoms with E-state index >= 15 is 0 Å². The van der Waals surface area contributed by atoms with Gasteiger partial charge in [0.2, 0.25) is 5.75 Å². The van der Waals surface area contributed by atoms with Crippen molar-refractivity contribution in [3.8, 4) is 17.2 Å². The molecule has 0 N–H and O–H groups in total. The standard InChI is InChI=1S/C23H26BrN3O4/c1-6-14(3)31-22-19(29-4)10-15(11-20(22)30-5)13-25-27-21(7-2)26-18-9-8-16(24)12-17(18)23(27)28/h8-14H,6-7H2,1-5H3/t14-/m1/s1. The van der Waals surface area contributed by atoms with Gasteiger partial charge in [0.1, 0.15) is 5.82 Å². The van der Waals surface area contributed by atoms with Crippen LogP contribution in [-0.4, -0.2) is 36.2 Å². The molecule has 0 spiro atoms. The second-order valence-electron chi connectivity index (χ2n) is 7.00. The maximum absolute atomic E-state index is 13.1. The van der Waals surface area contributed by atoms with Crippen molar-refractivity contribution in [2.75, 3.05) is 14.2 Å². The molecule has 7 nitrogen and oxygen atoms in total. The van der Waals surface area contributed by atoms with Crippen molar-refractivity contribution in [1.29, 1.82) is 0 Å². The van der Waals surface area contributed by atoms with Crippen LogP contribution in [0.2, 0.25) is 0 Å². The Bertz CT molecular complexity index is 1150. The lowest BCUT2D eigenvalue weighted by molar-refractivity contribution is 0.198. The van der Waals surface area contributed by atoms with Crippen molar-refractivity contribution in [3.63, 3.8) is 0 Å². The van der Waals surface area contributed by atoms with Crippen LogP contribution in [0.25, 0.3) is 10.9 Å². The van der Waals surface area contributed by atoms with E-state index in [1.54, 1.807) is 38.6 Å². The van der Waals surface area contributed by atoms with Crippen molar-refractivity contribution in [2.45, 2.75) is 39.7 Å². The van der Waals surface area contributed by atoms with Crippen LogP contribution in [-0.2, 0) is 6.42 Å². The number of methoxy groups -OCH3 is 2. The van der Waals surface area contributed by atoms with Gasteiger partial charge in [0.05, 0.1) is 37.4 Å². The number of halogens is 1. The Labute approximate surface area is 189 Å². The molecule has 1 atom stereocenters. The Kier molecular flexibility index (Phi) is 7.33. The number of rotatable bonds is 8. The van der Waals surface area contributed by atoms with Gasteiger partial charge in [0.15, 0.2) is 11.5 Å². The minimum atomic E-state index is -0.227. The molecule has 0 saturated carbocycles. The van der Waals surface area contributed by atoms with Crippen LogP contribution in [0.4, 0.5) is 0 Å². The zero-order valence-electron chi connectivity index (χ0n) is 18.3. The van der Waals surface area contributed by atoms with E-state index < -0.39 is 0 Å². The molecule has 0 radical (unpaired) electrons. The normalized spacial score (nSPS) is 12.3. The van der Waals surface area contributed by atoms with Crippen LogP contribution in [0, 0.1) is 0 Å². The van der Waals surface area contributed by atoms with E-state index in [2.05, 4.69) is 26.0 Å². The summed E-state index contributed by atoms with van der Waals surface area (Å²) in [5.41, 5.74) is 1.12. The predicted octanol–water partition coefficient (Wildman–Crippen LogP) is 4.80. The number of fused-ring (bicyclic) bond motifs is 1. The first-order chi connectivity index (χ1) is 14.9. The van der Waals surface area contributed by atoms with Crippen LogP contribution in [0.3, 0.4) is 0 Å². The van der Waals surface area contributed by atoms with Gasteiger partial charge in [-0.25, -0.2) is 4.98 Å². The summed E-state index contributed by atoms with van der Waals surface area (Å²) in [7, 11) is 3.15. The first-order valence-corrected chi connectivity index (χ1v) is 10.9. The highest BCUT2D eigenvalue weighted by molar-refractivity contribution is 9.10. The fraction of sp³-hybridized carbons (Fsp3) is 0.348. The first-order valence-electron chi connectivity index (χ1n) is 10.1. The molecular formula is C23H26BrN3O4. The molecule has 8 heteroatoms. The summed E-state index contributed by atoms with van der Waals surface area (Å²) >= 11 is 3.41. The predicted molar refractivity (Wildman–Crippen MR) is 126 cm³/mol. The minimum absolute atomic E-state index is 0.0102. The number of ether oxygens (including phenoxy) is 3. The molecule has 0 aliphatic heterocycles. The highest BCUT2D eigenvalue weighted by atomic mass is 79.9. The molecule has 0 unspecified atom stereocenters. The van der Waals surface area contributed by atoms with Gasteiger partial charge < -0.3 is 14.2 Å². The van der Waals surface area contributed by atoms with Gasteiger partial charge in [-0.15, -0.1) is 0 Å². The van der Waals surface area contributed by atoms with Crippen LogP contribution < -0.4 is 19.8 Å². The van der Waals surface area contributed by atoms with E-state index in [1.165, 1.54) is 4.68 Å². The van der Waals surface area contributed by atoms with Crippen LogP contribution in [0.1, 0.15) is 38.6 Å². The molecular weight excluding hydrogens is 462 g/mol. The maximum atomic E-state index is 13.1. The van der Waals surface area contributed by atoms with Crippen molar-refractivity contribution in [2.24, 2.45) is 5.10 Å². The summed E-state index contributed by atoms with van der Waals surface area (Å²) in [5, 5.41) is 4.93. The van der Waals surface area contributed by atoms with Gasteiger partial charge >= 0.3 is 0 Å². The fourth-order valence-corrected chi connectivity index (χ4v) is 3.40. The highest BCUT2D eigenvalue weighted by Crippen LogP contribution is 2.39. The number of hydrogen-bond donors (Lipinski definition) is 0. The average molecular weight is 488 g/mol. The van der Waals surface area contributed by atoms with Crippen LogP contribution in [0.15, 0.2) is 44.7 Å². The van der Waals surface area contributed by atoms with E-state index in [-0.39, 0.29) is 11.7 Å². The topological polar surface area (TPSA) is 74.9 Å². The smallest absolute Gasteiger partial charge is 0.282 e. The number of benzene rings is 2. The van der Waals surface area contributed by atoms with Gasteiger partial charge in [-0.3, -0.25) is 4.79 Å². The highest BCUT2D eigenvalue weighted by Gasteiger charge is 2.16. The molecule has 1 heterocycles. The summed E-state index contributed by atoms with van der Waals surface area (Å²) < 4.78 is 19.1. The quantitative estimate of drug-likeness (QED) is 0.426. The van der Waals surface area contributed by atoms with Gasteiger partial charge in [-0.05, 0) is 43.7 Å². The second kappa shape index (κ2) is 9.96. The van der Waals surface area contributed by atoms with Crippen LogP contribution in [0.5, 0.6) is 17.2 Å². The Hall–Kier alpha value is -2.87. The Balaban J connectivity index is 2.08. The summed E-state index contributed by atoms with van der Waals surface area (Å²) in [6.07, 6.45) is 3.01. The van der Waals surface area contributed by atoms with Gasteiger partial charge in [0, 0.05) is 16.5 Å². The van der Waals surface area contributed by atoms with E-state index in [0.29, 0.717) is 46.0 Å². The lowest BCUT2D eigenvalue weighted by Crippen LogP contribution is -2.22. The van der Waals surface area contributed by atoms with Crippen molar-refractivity contribution >= 4 is 33.0 Å². The second-order valence-corrected chi connectivity index (χ2v) is 7.91. The SMILES string of the molecule is CCc1nc2ccc(Br)cc2c(=O)n1N=Cc1cc(OC)c(O[C@H](C)CC)c(OC)c1. The third-order valence-corrected chi connectivity index (χ3v) is 5.38. The molecule has 0 saturated heterocycles. The van der Waals surface area contributed by atoms with E-state index in [4.69, 9.17) is 14.2 Å². The van der Waals surface area contributed by atoms with E-state index in [1.807, 2.05) is 32.9 Å². The molecule has 3 aromatic rings. The molecule has 0 aliphatic rings. The molecule has 0 aliphatic carbocycles. The average Bonchev–Trinajstić information content (AvgIpc) is 2.78. The Morgan fingerprint density at radius 2 is 1.84 bits per heavy atom. The van der Waals surface area contributed by atoms with Gasteiger partial charge in [-0.2, -0.15) is 9.78 Å².